The number of carbonyl (C=O) groups is 1. The zero-order valence-electron chi connectivity index (χ0n) is 8.60. The van der Waals surface area contributed by atoms with Crippen molar-refractivity contribution >= 4 is 5.97 Å². The Balaban J connectivity index is 3.43. The zero-order valence-corrected chi connectivity index (χ0v) is 8.60. The second-order valence-corrected chi connectivity index (χ2v) is 3.07. The molecule has 0 radical (unpaired) electrons. The summed E-state index contributed by atoms with van der Waals surface area (Å²) >= 11 is 0. The summed E-state index contributed by atoms with van der Waals surface area (Å²) in [6.45, 7) is -3.39. The van der Waals surface area contributed by atoms with Gasteiger partial charge >= 0.3 is 12.6 Å². The lowest BCUT2D eigenvalue weighted by molar-refractivity contribution is -0.147. The molecule has 0 heterocycles. The number of aliphatic hydroxyl groups is 1. The maximum Gasteiger partial charge on any atom is 0.387 e. The fourth-order valence-electron chi connectivity index (χ4n) is 1.24. The SMILES string of the molecule is N#Cc1c(F)ccc(C(O)C(=O)O)c1OC(F)F. The number of hydrogen-bond donors (Lipinski definition) is 2. The molecule has 0 fully saturated rings. The lowest BCUT2D eigenvalue weighted by atomic mass is 10.0. The molecule has 0 aliphatic carbocycles. The molecule has 0 amide bonds. The highest BCUT2D eigenvalue weighted by Crippen LogP contribution is 2.32. The van der Waals surface area contributed by atoms with Crippen LogP contribution >= 0.6 is 0 Å². The Morgan fingerprint density at radius 3 is 2.50 bits per heavy atom. The monoisotopic (exact) mass is 261 g/mol. The summed E-state index contributed by atoms with van der Waals surface area (Å²) in [5, 5.41) is 26.4. The van der Waals surface area contributed by atoms with Gasteiger partial charge in [0, 0.05) is 5.56 Å². The van der Waals surface area contributed by atoms with Crippen molar-refractivity contribution in [2.45, 2.75) is 12.7 Å². The Bertz CT molecular complexity index is 513. The van der Waals surface area contributed by atoms with Gasteiger partial charge in [-0.2, -0.15) is 14.0 Å². The molecule has 0 aliphatic rings. The summed E-state index contributed by atoms with van der Waals surface area (Å²) in [5.74, 6) is -3.89. The van der Waals surface area contributed by atoms with Gasteiger partial charge in [0.05, 0.1) is 0 Å². The van der Waals surface area contributed by atoms with Crippen molar-refractivity contribution in [3.8, 4) is 11.8 Å². The molecule has 18 heavy (non-hydrogen) atoms. The van der Waals surface area contributed by atoms with Gasteiger partial charge < -0.3 is 14.9 Å². The summed E-state index contributed by atoms with van der Waals surface area (Å²) in [6.07, 6.45) is -2.20. The summed E-state index contributed by atoms with van der Waals surface area (Å²) < 4.78 is 41.3. The van der Waals surface area contributed by atoms with Crippen LogP contribution in [0.1, 0.15) is 17.2 Å². The fourth-order valence-corrected chi connectivity index (χ4v) is 1.24. The summed E-state index contributed by atoms with van der Waals surface area (Å²) in [6, 6.07) is 2.70. The Morgan fingerprint density at radius 2 is 2.06 bits per heavy atom. The molecule has 0 aromatic heterocycles. The Hall–Kier alpha value is -2.27. The normalized spacial score (nSPS) is 12.0. The highest BCUT2D eigenvalue weighted by atomic mass is 19.3. The minimum Gasteiger partial charge on any atom is -0.479 e. The molecular formula is C10H6F3NO4. The van der Waals surface area contributed by atoms with E-state index in [4.69, 9.17) is 10.4 Å². The van der Waals surface area contributed by atoms with Crippen LogP contribution in [0.2, 0.25) is 0 Å². The minimum absolute atomic E-state index is 0.624. The lowest BCUT2D eigenvalue weighted by Gasteiger charge is -2.14. The van der Waals surface area contributed by atoms with E-state index in [1.165, 1.54) is 6.07 Å². The number of rotatable bonds is 4. The first-order chi connectivity index (χ1) is 8.38. The quantitative estimate of drug-likeness (QED) is 0.855. The summed E-state index contributed by atoms with van der Waals surface area (Å²) in [5.41, 5.74) is -1.52. The number of halogens is 3. The van der Waals surface area contributed by atoms with E-state index in [1.54, 1.807) is 0 Å². The number of ether oxygens (including phenoxy) is 1. The summed E-state index contributed by atoms with van der Waals surface area (Å²) in [4.78, 5) is 10.6. The second kappa shape index (κ2) is 5.37. The van der Waals surface area contributed by atoms with Gasteiger partial charge in [0.2, 0.25) is 0 Å². The smallest absolute Gasteiger partial charge is 0.387 e. The Labute approximate surface area is 98.6 Å². The molecule has 5 nitrogen and oxygen atoms in total. The van der Waals surface area contributed by atoms with E-state index in [0.29, 0.717) is 6.07 Å². The van der Waals surface area contributed by atoms with Crippen LogP contribution in [0.25, 0.3) is 0 Å². The van der Waals surface area contributed by atoms with Crippen LogP contribution in [0.3, 0.4) is 0 Å². The first-order valence-corrected chi connectivity index (χ1v) is 4.46. The molecule has 0 spiro atoms. The second-order valence-electron chi connectivity index (χ2n) is 3.07. The molecule has 1 aromatic rings. The Kier molecular flexibility index (Phi) is 4.12. The molecule has 0 bridgehead atoms. The van der Waals surface area contributed by atoms with Gasteiger partial charge in [-0.05, 0) is 12.1 Å². The van der Waals surface area contributed by atoms with Crippen LogP contribution in [0.15, 0.2) is 12.1 Å². The number of aliphatic hydroxyl groups excluding tert-OH is 1. The molecule has 0 aliphatic heterocycles. The van der Waals surface area contributed by atoms with E-state index in [9.17, 15) is 23.1 Å². The van der Waals surface area contributed by atoms with E-state index < -0.39 is 41.4 Å². The molecule has 1 rings (SSSR count). The largest absolute Gasteiger partial charge is 0.479 e. The third kappa shape index (κ3) is 2.70. The maximum absolute atomic E-state index is 13.2. The van der Waals surface area contributed by atoms with Crippen molar-refractivity contribution in [3.05, 3.63) is 29.1 Å². The molecule has 96 valence electrons. The van der Waals surface area contributed by atoms with Crippen LogP contribution < -0.4 is 4.74 Å². The molecule has 0 saturated heterocycles. The number of hydrogen-bond acceptors (Lipinski definition) is 4. The van der Waals surface area contributed by atoms with E-state index in [1.807, 2.05) is 0 Å². The topological polar surface area (TPSA) is 90.5 Å². The number of nitriles is 1. The number of nitrogens with zero attached hydrogens (tertiary/aromatic N) is 1. The minimum atomic E-state index is -3.39. The molecule has 2 N–H and O–H groups in total. The van der Waals surface area contributed by atoms with Gasteiger partial charge in [0.15, 0.2) is 11.9 Å². The zero-order chi connectivity index (χ0) is 13.9. The number of carboxylic acid groups (broad SMARTS) is 1. The van der Waals surface area contributed by atoms with Gasteiger partial charge in [-0.1, -0.05) is 0 Å². The lowest BCUT2D eigenvalue weighted by Crippen LogP contribution is -2.15. The molecule has 1 unspecified atom stereocenters. The molecular weight excluding hydrogens is 255 g/mol. The number of benzene rings is 1. The average Bonchev–Trinajstić information content (AvgIpc) is 2.28. The average molecular weight is 261 g/mol. The summed E-state index contributed by atoms with van der Waals surface area (Å²) in [7, 11) is 0. The first kappa shape index (κ1) is 13.8. The number of alkyl halides is 2. The fraction of sp³-hybridized carbons (Fsp3) is 0.200. The predicted molar refractivity (Wildman–Crippen MR) is 50.3 cm³/mol. The molecule has 8 heteroatoms. The van der Waals surface area contributed by atoms with Gasteiger partial charge in [-0.15, -0.1) is 0 Å². The van der Waals surface area contributed by atoms with Gasteiger partial charge in [0.1, 0.15) is 17.4 Å². The van der Waals surface area contributed by atoms with Crippen LogP contribution in [0.4, 0.5) is 13.2 Å². The number of aliphatic carboxylic acids is 1. The number of carboxylic acids is 1. The van der Waals surface area contributed by atoms with Crippen LogP contribution in [0, 0.1) is 17.1 Å². The van der Waals surface area contributed by atoms with Gasteiger partial charge in [0.25, 0.3) is 0 Å². The van der Waals surface area contributed by atoms with Gasteiger partial charge in [-0.3, -0.25) is 0 Å². The van der Waals surface area contributed by atoms with E-state index in [0.717, 1.165) is 6.07 Å². The van der Waals surface area contributed by atoms with Crippen LogP contribution in [-0.2, 0) is 4.79 Å². The van der Waals surface area contributed by atoms with E-state index >= 15 is 0 Å². The highest BCUT2D eigenvalue weighted by molar-refractivity contribution is 5.76. The van der Waals surface area contributed by atoms with Crippen molar-refractivity contribution < 1.29 is 32.9 Å². The van der Waals surface area contributed by atoms with Crippen molar-refractivity contribution in [2.24, 2.45) is 0 Å². The van der Waals surface area contributed by atoms with Crippen molar-refractivity contribution in [1.82, 2.24) is 0 Å². The van der Waals surface area contributed by atoms with E-state index in [2.05, 4.69) is 4.74 Å². The molecule has 0 saturated carbocycles. The van der Waals surface area contributed by atoms with E-state index in [-0.39, 0.29) is 0 Å². The maximum atomic E-state index is 13.2. The third-order valence-corrected chi connectivity index (χ3v) is 1.98. The van der Waals surface area contributed by atoms with Crippen LogP contribution in [0.5, 0.6) is 5.75 Å². The Morgan fingerprint density at radius 1 is 1.44 bits per heavy atom. The highest BCUT2D eigenvalue weighted by Gasteiger charge is 2.26. The molecule has 1 aromatic carbocycles. The standard InChI is InChI=1S/C10H6F3NO4/c11-6-2-1-4(7(15)9(16)17)8(5(6)3-14)18-10(12)13/h1-2,7,10,15H,(H,16,17). The first-order valence-electron chi connectivity index (χ1n) is 4.46. The third-order valence-electron chi connectivity index (χ3n) is 1.98. The van der Waals surface area contributed by atoms with Crippen molar-refractivity contribution in [2.75, 3.05) is 0 Å². The van der Waals surface area contributed by atoms with Crippen LogP contribution in [-0.4, -0.2) is 22.8 Å². The molecule has 1 atom stereocenters. The van der Waals surface area contributed by atoms with Crippen molar-refractivity contribution in [3.63, 3.8) is 0 Å². The van der Waals surface area contributed by atoms with Crippen molar-refractivity contribution in [1.29, 1.82) is 5.26 Å². The predicted octanol–water partition coefficient (Wildman–Crippen LogP) is 1.42. The van der Waals surface area contributed by atoms with Gasteiger partial charge in [-0.25, -0.2) is 9.18 Å².